The van der Waals surface area contributed by atoms with E-state index in [0.717, 1.165) is 6.54 Å². The minimum atomic E-state index is 1.07. The molecule has 0 aliphatic rings. The number of hydrogen-bond acceptors (Lipinski definition) is 2. The third-order valence-corrected chi connectivity index (χ3v) is 1.41. The van der Waals surface area contributed by atoms with Crippen LogP contribution >= 0.6 is 11.3 Å². The zero-order chi connectivity index (χ0) is 9.66. The first-order valence-corrected chi connectivity index (χ1v) is 5.39. The minimum Gasteiger partial charge on any atom is -0.320 e. The molecule has 1 aromatic heterocycles. The lowest BCUT2D eigenvalue weighted by atomic mass is 10.6. The predicted octanol–water partition coefficient (Wildman–Crippen LogP) is 3.39. The Morgan fingerprint density at radius 3 is 1.50 bits per heavy atom. The largest absolute Gasteiger partial charge is 0.320 e. The SMILES string of the molecule is CCC.CCNC.c1ccsc1. The fourth-order valence-electron chi connectivity index (χ4n) is 0.227. The van der Waals surface area contributed by atoms with Crippen molar-refractivity contribution in [3.8, 4) is 0 Å². The van der Waals surface area contributed by atoms with Gasteiger partial charge in [0.25, 0.3) is 0 Å². The van der Waals surface area contributed by atoms with E-state index in [-0.39, 0.29) is 0 Å². The van der Waals surface area contributed by atoms with Crippen LogP contribution in [0.2, 0.25) is 0 Å². The molecule has 12 heavy (non-hydrogen) atoms. The van der Waals surface area contributed by atoms with Crippen LogP contribution in [-0.4, -0.2) is 13.6 Å². The van der Waals surface area contributed by atoms with Crippen molar-refractivity contribution in [1.29, 1.82) is 0 Å². The molecule has 0 amide bonds. The van der Waals surface area contributed by atoms with E-state index in [0.29, 0.717) is 0 Å². The van der Waals surface area contributed by atoms with Gasteiger partial charge in [0.05, 0.1) is 0 Å². The molecule has 0 saturated heterocycles. The summed E-state index contributed by atoms with van der Waals surface area (Å²) < 4.78 is 0. The third-order valence-electron chi connectivity index (χ3n) is 0.779. The van der Waals surface area contributed by atoms with Gasteiger partial charge in [-0.15, -0.1) is 0 Å². The van der Waals surface area contributed by atoms with E-state index < -0.39 is 0 Å². The standard InChI is InChI=1S/C4H4S.C3H9N.C3H8/c1-2-4-5-3-1;1-3-4-2;1-3-2/h1-4H;4H,3H2,1-2H3;3H2,1-2H3. The highest BCUT2D eigenvalue weighted by atomic mass is 32.1. The first kappa shape index (κ1) is 14.2. The second-order valence-electron chi connectivity index (χ2n) is 2.21. The molecule has 0 spiro atoms. The van der Waals surface area contributed by atoms with Crippen molar-refractivity contribution >= 4 is 11.3 Å². The highest BCUT2D eigenvalue weighted by molar-refractivity contribution is 7.07. The summed E-state index contributed by atoms with van der Waals surface area (Å²) in [4.78, 5) is 0. The van der Waals surface area contributed by atoms with Gasteiger partial charge in [-0.1, -0.05) is 39.3 Å². The molecule has 2 heteroatoms. The Labute approximate surface area is 80.8 Å². The number of nitrogens with one attached hydrogen (secondary N) is 1. The van der Waals surface area contributed by atoms with Crippen LogP contribution in [0, 0.1) is 0 Å². The zero-order valence-electron chi connectivity index (χ0n) is 8.63. The Morgan fingerprint density at radius 2 is 1.42 bits per heavy atom. The van der Waals surface area contributed by atoms with E-state index in [2.05, 4.69) is 26.1 Å². The van der Waals surface area contributed by atoms with Gasteiger partial charge in [0.1, 0.15) is 0 Å². The maximum absolute atomic E-state index is 2.93. The molecule has 0 radical (unpaired) electrons. The van der Waals surface area contributed by atoms with E-state index in [4.69, 9.17) is 0 Å². The van der Waals surface area contributed by atoms with Crippen LogP contribution in [0.25, 0.3) is 0 Å². The quantitative estimate of drug-likeness (QED) is 0.710. The van der Waals surface area contributed by atoms with Gasteiger partial charge in [0, 0.05) is 0 Å². The molecular formula is C10H21NS. The molecule has 0 fully saturated rings. The summed E-state index contributed by atoms with van der Waals surface area (Å²) in [6.07, 6.45) is 1.25. The molecular weight excluding hydrogens is 166 g/mol. The molecule has 1 heterocycles. The van der Waals surface area contributed by atoms with Gasteiger partial charge in [-0.3, -0.25) is 0 Å². The minimum absolute atomic E-state index is 1.07. The fraction of sp³-hybridized carbons (Fsp3) is 0.600. The lowest BCUT2D eigenvalue weighted by molar-refractivity contribution is 0.864. The fourth-order valence-corrected chi connectivity index (χ4v) is 0.680. The first-order valence-electron chi connectivity index (χ1n) is 4.45. The molecule has 0 saturated carbocycles. The lowest BCUT2D eigenvalue weighted by Crippen LogP contribution is -2.01. The Hall–Kier alpha value is -0.340. The molecule has 72 valence electrons. The van der Waals surface area contributed by atoms with Gasteiger partial charge in [-0.2, -0.15) is 11.3 Å². The summed E-state index contributed by atoms with van der Waals surface area (Å²) in [6.45, 7) is 7.39. The van der Waals surface area contributed by atoms with Gasteiger partial charge in [-0.05, 0) is 24.4 Å². The van der Waals surface area contributed by atoms with Crippen LogP contribution in [0.1, 0.15) is 27.2 Å². The predicted molar refractivity (Wildman–Crippen MR) is 59.9 cm³/mol. The van der Waals surface area contributed by atoms with Gasteiger partial charge < -0.3 is 5.32 Å². The topological polar surface area (TPSA) is 12.0 Å². The molecule has 1 nitrogen and oxygen atoms in total. The van der Waals surface area contributed by atoms with Crippen molar-refractivity contribution in [2.24, 2.45) is 0 Å². The van der Waals surface area contributed by atoms with Crippen LogP contribution in [0.5, 0.6) is 0 Å². The second-order valence-corrected chi connectivity index (χ2v) is 3.02. The Kier molecular flexibility index (Phi) is 20.1. The average molecular weight is 187 g/mol. The molecule has 0 bridgehead atoms. The molecule has 0 aliphatic carbocycles. The summed E-state index contributed by atoms with van der Waals surface area (Å²) in [6, 6.07) is 4.04. The van der Waals surface area contributed by atoms with E-state index in [1.807, 2.05) is 29.9 Å². The molecule has 0 aromatic carbocycles. The highest BCUT2D eigenvalue weighted by Gasteiger charge is 1.58. The Balaban J connectivity index is 0. The molecule has 0 atom stereocenters. The van der Waals surface area contributed by atoms with Gasteiger partial charge in [0.2, 0.25) is 0 Å². The Bertz CT molecular complexity index is 96.2. The summed E-state index contributed by atoms with van der Waals surface area (Å²) in [7, 11) is 1.93. The van der Waals surface area contributed by atoms with Crippen molar-refractivity contribution in [3.63, 3.8) is 0 Å². The van der Waals surface area contributed by atoms with Crippen LogP contribution in [0.3, 0.4) is 0 Å². The first-order chi connectivity index (χ1) is 5.83. The average Bonchev–Trinajstić information content (AvgIpc) is 2.62. The zero-order valence-corrected chi connectivity index (χ0v) is 9.45. The summed E-state index contributed by atoms with van der Waals surface area (Å²) in [5.74, 6) is 0. The highest BCUT2D eigenvalue weighted by Crippen LogP contribution is 1.91. The monoisotopic (exact) mass is 187 g/mol. The van der Waals surface area contributed by atoms with Crippen molar-refractivity contribution in [3.05, 3.63) is 22.9 Å². The number of rotatable bonds is 1. The normalized spacial score (nSPS) is 7.33. The molecule has 1 rings (SSSR count). The summed E-state index contributed by atoms with van der Waals surface area (Å²) in [5, 5.41) is 7.01. The molecule has 1 N–H and O–H groups in total. The van der Waals surface area contributed by atoms with E-state index in [1.165, 1.54) is 6.42 Å². The molecule has 0 unspecified atom stereocenters. The van der Waals surface area contributed by atoms with Crippen molar-refractivity contribution in [2.75, 3.05) is 13.6 Å². The summed E-state index contributed by atoms with van der Waals surface area (Å²) in [5.41, 5.74) is 0. The number of thiophene rings is 1. The molecule has 1 aromatic rings. The van der Waals surface area contributed by atoms with Gasteiger partial charge in [0.15, 0.2) is 0 Å². The van der Waals surface area contributed by atoms with Crippen LogP contribution in [0.4, 0.5) is 0 Å². The maximum atomic E-state index is 2.93. The van der Waals surface area contributed by atoms with Gasteiger partial charge in [-0.25, -0.2) is 0 Å². The second kappa shape index (κ2) is 17.0. The van der Waals surface area contributed by atoms with Crippen molar-refractivity contribution < 1.29 is 0 Å². The smallest absolute Gasteiger partial charge is 0.00804 e. The molecule has 0 aliphatic heterocycles. The van der Waals surface area contributed by atoms with E-state index in [1.54, 1.807) is 11.3 Å². The van der Waals surface area contributed by atoms with E-state index >= 15 is 0 Å². The van der Waals surface area contributed by atoms with Crippen LogP contribution in [-0.2, 0) is 0 Å². The Morgan fingerprint density at radius 1 is 1.08 bits per heavy atom. The van der Waals surface area contributed by atoms with Crippen molar-refractivity contribution in [1.82, 2.24) is 5.32 Å². The summed E-state index contributed by atoms with van der Waals surface area (Å²) >= 11 is 1.71. The maximum Gasteiger partial charge on any atom is -0.00804 e. The van der Waals surface area contributed by atoms with Crippen LogP contribution < -0.4 is 5.32 Å². The third kappa shape index (κ3) is 22.6. The van der Waals surface area contributed by atoms with Gasteiger partial charge >= 0.3 is 0 Å². The van der Waals surface area contributed by atoms with Crippen molar-refractivity contribution in [2.45, 2.75) is 27.2 Å². The van der Waals surface area contributed by atoms with E-state index in [9.17, 15) is 0 Å². The van der Waals surface area contributed by atoms with Crippen LogP contribution in [0.15, 0.2) is 22.9 Å². The lowest BCUT2D eigenvalue weighted by Gasteiger charge is -1.76. The number of hydrogen-bond donors (Lipinski definition) is 1.